The maximum Gasteiger partial charge on any atom is 0.226 e. The minimum Gasteiger partial charge on any atom is -0.342 e. The van der Waals surface area contributed by atoms with Crippen molar-refractivity contribution < 1.29 is 9.59 Å². The van der Waals surface area contributed by atoms with Gasteiger partial charge in [-0.05, 0) is 57.4 Å². The second-order valence-corrected chi connectivity index (χ2v) is 7.51. The number of hydrogen-bond donors (Lipinski definition) is 1. The lowest BCUT2D eigenvalue weighted by Gasteiger charge is -2.47. The first-order chi connectivity index (χ1) is 11.7. The predicted molar refractivity (Wildman–Crippen MR) is 102 cm³/mol. The summed E-state index contributed by atoms with van der Waals surface area (Å²) in [6.45, 7) is 3.01. The van der Waals surface area contributed by atoms with Crippen LogP contribution in [0.1, 0.15) is 57.8 Å². The van der Waals surface area contributed by atoms with Crippen LogP contribution < -0.4 is 5.73 Å². The summed E-state index contributed by atoms with van der Waals surface area (Å²) in [7, 11) is 0. The van der Waals surface area contributed by atoms with Gasteiger partial charge in [-0.1, -0.05) is 11.6 Å². The summed E-state index contributed by atoms with van der Waals surface area (Å²) in [6, 6.07) is 0.316. The molecule has 5 nitrogen and oxygen atoms in total. The van der Waals surface area contributed by atoms with Gasteiger partial charge in [-0.25, -0.2) is 0 Å². The lowest BCUT2D eigenvalue weighted by atomic mass is 9.83. The van der Waals surface area contributed by atoms with Crippen molar-refractivity contribution >= 4 is 24.2 Å². The highest BCUT2D eigenvalue weighted by atomic mass is 35.5. The molecule has 0 saturated carbocycles. The highest BCUT2D eigenvalue weighted by molar-refractivity contribution is 5.85. The van der Waals surface area contributed by atoms with E-state index < -0.39 is 0 Å². The van der Waals surface area contributed by atoms with Gasteiger partial charge in [0.15, 0.2) is 0 Å². The predicted octanol–water partition coefficient (Wildman–Crippen LogP) is 2.49. The lowest BCUT2D eigenvalue weighted by Crippen LogP contribution is -2.57. The van der Waals surface area contributed by atoms with Gasteiger partial charge in [0.1, 0.15) is 0 Å². The van der Waals surface area contributed by atoms with E-state index in [4.69, 9.17) is 5.73 Å². The first-order valence-electron chi connectivity index (χ1n) is 9.64. The zero-order valence-corrected chi connectivity index (χ0v) is 15.9. The zero-order chi connectivity index (χ0) is 16.9. The van der Waals surface area contributed by atoms with Gasteiger partial charge >= 0.3 is 0 Å². The molecule has 0 aromatic carbocycles. The molecule has 2 heterocycles. The Labute approximate surface area is 157 Å². The van der Waals surface area contributed by atoms with Crippen LogP contribution in [0, 0.1) is 5.92 Å². The molecular formula is C19H32ClN3O2. The van der Waals surface area contributed by atoms with E-state index in [1.807, 2.05) is 9.80 Å². The SMILES string of the molecule is Cl.NCCCN1C(=O)CC[C@H]2CN(C(=O)CC3=CCCCC3)CC[C@H]21. The molecule has 2 N–H and O–H groups in total. The van der Waals surface area contributed by atoms with Crippen LogP contribution in [0.2, 0.25) is 0 Å². The van der Waals surface area contributed by atoms with Crippen molar-refractivity contribution in [3.63, 3.8) is 0 Å². The number of carbonyl (C=O) groups is 2. The van der Waals surface area contributed by atoms with E-state index in [0.717, 1.165) is 51.7 Å². The highest BCUT2D eigenvalue weighted by Crippen LogP contribution is 2.32. The third-order valence-electron chi connectivity index (χ3n) is 5.86. The Morgan fingerprint density at radius 1 is 1.24 bits per heavy atom. The number of amides is 2. The Bertz CT molecular complexity index is 509. The van der Waals surface area contributed by atoms with E-state index in [9.17, 15) is 9.59 Å². The van der Waals surface area contributed by atoms with Crippen LogP contribution in [0.4, 0.5) is 0 Å². The Hall–Kier alpha value is -1.07. The standard InChI is InChI=1S/C19H31N3O2.ClH/c20-10-4-11-22-17-9-12-21(14-16(17)7-8-18(22)23)19(24)13-15-5-2-1-3-6-15;/h5,16-17H,1-4,6-14,20H2;1H/t16-,17+;/m0./s1. The quantitative estimate of drug-likeness (QED) is 0.757. The van der Waals surface area contributed by atoms with Crippen LogP contribution in [0.5, 0.6) is 0 Å². The Balaban J connectivity index is 0.00000225. The number of halogens is 1. The number of nitrogens with two attached hydrogens (primary N) is 1. The first-order valence-corrected chi connectivity index (χ1v) is 9.64. The van der Waals surface area contributed by atoms with Crippen LogP contribution in [-0.2, 0) is 9.59 Å². The fourth-order valence-corrected chi connectivity index (χ4v) is 4.50. The molecule has 0 unspecified atom stereocenters. The summed E-state index contributed by atoms with van der Waals surface area (Å²) >= 11 is 0. The molecule has 3 rings (SSSR count). The van der Waals surface area contributed by atoms with Crippen molar-refractivity contribution in [1.82, 2.24) is 9.80 Å². The summed E-state index contributed by atoms with van der Waals surface area (Å²) in [5.74, 6) is 1.00. The fraction of sp³-hybridized carbons (Fsp3) is 0.789. The third kappa shape index (κ3) is 4.98. The maximum atomic E-state index is 12.6. The Morgan fingerprint density at radius 3 is 2.80 bits per heavy atom. The number of fused-ring (bicyclic) bond motifs is 1. The second kappa shape index (κ2) is 9.58. The molecule has 2 aliphatic heterocycles. The van der Waals surface area contributed by atoms with E-state index in [0.29, 0.717) is 31.3 Å². The number of carbonyl (C=O) groups excluding carboxylic acids is 2. The summed E-state index contributed by atoms with van der Waals surface area (Å²) in [6.07, 6.45) is 10.9. The molecular weight excluding hydrogens is 338 g/mol. The van der Waals surface area contributed by atoms with Crippen LogP contribution in [-0.4, -0.2) is 53.8 Å². The van der Waals surface area contributed by atoms with E-state index in [-0.39, 0.29) is 24.2 Å². The van der Waals surface area contributed by atoms with E-state index >= 15 is 0 Å². The molecule has 6 heteroatoms. The van der Waals surface area contributed by atoms with Crippen molar-refractivity contribution in [3.8, 4) is 0 Å². The van der Waals surface area contributed by atoms with Gasteiger partial charge in [0.25, 0.3) is 0 Å². The molecule has 2 saturated heterocycles. The van der Waals surface area contributed by atoms with Gasteiger partial charge in [-0.3, -0.25) is 9.59 Å². The van der Waals surface area contributed by atoms with Crippen LogP contribution in [0.25, 0.3) is 0 Å². The van der Waals surface area contributed by atoms with Gasteiger partial charge in [0.05, 0.1) is 0 Å². The first kappa shape index (κ1) is 20.2. The van der Waals surface area contributed by atoms with E-state index in [2.05, 4.69) is 6.08 Å². The Kier molecular flexibility index (Phi) is 7.76. The smallest absolute Gasteiger partial charge is 0.226 e. The molecule has 2 fully saturated rings. The summed E-state index contributed by atoms with van der Waals surface area (Å²) in [5.41, 5.74) is 6.94. The minimum absolute atomic E-state index is 0. The molecule has 142 valence electrons. The summed E-state index contributed by atoms with van der Waals surface area (Å²) < 4.78 is 0. The fourth-order valence-electron chi connectivity index (χ4n) is 4.50. The normalized spacial score (nSPS) is 26.6. The summed E-state index contributed by atoms with van der Waals surface area (Å²) in [5, 5.41) is 0. The molecule has 0 aromatic rings. The molecule has 2 amide bonds. The molecule has 0 aromatic heterocycles. The number of likely N-dealkylation sites (tertiary alicyclic amines) is 2. The number of rotatable bonds is 5. The molecule has 0 bridgehead atoms. The van der Waals surface area contributed by atoms with Crippen LogP contribution in [0.15, 0.2) is 11.6 Å². The van der Waals surface area contributed by atoms with Gasteiger partial charge < -0.3 is 15.5 Å². The Morgan fingerprint density at radius 2 is 2.08 bits per heavy atom. The molecule has 2 atom stereocenters. The number of piperidine rings is 2. The summed E-state index contributed by atoms with van der Waals surface area (Å²) in [4.78, 5) is 29.0. The number of hydrogen-bond acceptors (Lipinski definition) is 3. The molecule has 1 aliphatic carbocycles. The highest BCUT2D eigenvalue weighted by Gasteiger charge is 2.39. The minimum atomic E-state index is 0. The third-order valence-corrected chi connectivity index (χ3v) is 5.86. The van der Waals surface area contributed by atoms with Crippen LogP contribution in [0.3, 0.4) is 0 Å². The molecule has 25 heavy (non-hydrogen) atoms. The van der Waals surface area contributed by atoms with Crippen molar-refractivity contribution in [2.24, 2.45) is 11.7 Å². The van der Waals surface area contributed by atoms with Gasteiger partial charge in [-0.2, -0.15) is 0 Å². The number of allylic oxidation sites excluding steroid dienone is 1. The van der Waals surface area contributed by atoms with Crippen molar-refractivity contribution in [2.75, 3.05) is 26.2 Å². The van der Waals surface area contributed by atoms with E-state index in [1.54, 1.807) is 0 Å². The maximum absolute atomic E-state index is 12.6. The molecule has 3 aliphatic rings. The van der Waals surface area contributed by atoms with E-state index in [1.165, 1.54) is 18.4 Å². The van der Waals surface area contributed by atoms with Gasteiger partial charge in [0, 0.05) is 38.5 Å². The van der Waals surface area contributed by atoms with Crippen molar-refractivity contribution in [1.29, 1.82) is 0 Å². The van der Waals surface area contributed by atoms with Crippen molar-refractivity contribution in [3.05, 3.63) is 11.6 Å². The monoisotopic (exact) mass is 369 g/mol. The average molecular weight is 370 g/mol. The number of nitrogens with zero attached hydrogens (tertiary/aromatic N) is 2. The topological polar surface area (TPSA) is 66.6 Å². The van der Waals surface area contributed by atoms with Crippen LogP contribution >= 0.6 is 12.4 Å². The van der Waals surface area contributed by atoms with Gasteiger partial charge in [-0.15, -0.1) is 12.4 Å². The zero-order valence-electron chi connectivity index (χ0n) is 15.1. The van der Waals surface area contributed by atoms with Gasteiger partial charge in [0.2, 0.25) is 11.8 Å². The van der Waals surface area contributed by atoms with Crippen molar-refractivity contribution in [2.45, 2.75) is 63.8 Å². The molecule has 0 radical (unpaired) electrons. The lowest BCUT2D eigenvalue weighted by molar-refractivity contribution is -0.144. The largest absolute Gasteiger partial charge is 0.342 e. The average Bonchev–Trinajstić information content (AvgIpc) is 2.61. The molecule has 0 spiro atoms. The second-order valence-electron chi connectivity index (χ2n) is 7.51.